The van der Waals surface area contributed by atoms with Crippen molar-refractivity contribution in [1.82, 2.24) is 14.8 Å². The van der Waals surface area contributed by atoms with Gasteiger partial charge in [0.15, 0.2) is 0 Å². The number of amides is 2. The summed E-state index contributed by atoms with van der Waals surface area (Å²) in [5.41, 5.74) is 1.45. The number of anilines is 1. The zero-order valence-corrected chi connectivity index (χ0v) is 13.0. The maximum atomic E-state index is 12.6. The molecule has 0 aliphatic carbocycles. The largest absolute Gasteiger partial charge is 0.373 e. The number of rotatable bonds is 3. The van der Waals surface area contributed by atoms with E-state index in [4.69, 9.17) is 0 Å². The molecule has 0 saturated carbocycles. The zero-order valence-electron chi connectivity index (χ0n) is 13.0. The number of hydrogen-bond acceptors (Lipinski definition) is 4. The third-order valence-corrected chi connectivity index (χ3v) is 3.68. The predicted molar refractivity (Wildman–Crippen MR) is 81.4 cm³/mol. The molecule has 6 heteroatoms. The molecule has 0 atom stereocenters. The Balaban J connectivity index is 2.26. The Labute approximate surface area is 125 Å². The molecule has 1 fully saturated rings. The minimum atomic E-state index is -0.114. The number of aromatic nitrogens is 1. The molecular weight excluding hydrogens is 268 g/mol. The lowest BCUT2D eigenvalue weighted by Crippen LogP contribution is -2.50. The average molecular weight is 290 g/mol. The summed E-state index contributed by atoms with van der Waals surface area (Å²) in [4.78, 5) is 32.0. The van der Waals surface area contributed by atoms with Crippen molar-refractivity contribution in [2.45, 2.75) is 19.8 Å². The fourth-order valence-electron chi connectivity index (χ4n) is 2.21. The first-order valence-electron chi connectivity index (χ1n) is 7.15. The number of nitrogens with zero attached hydrogens (tertiary/aromatic N) is 3. The van der Waals surface area contributed by atoms with E-state index in [1.165, 1.54) is 0 Å². The Kier molecular flexibility index (Phi) is 4.45. The summed E-state index contributed by atoms with van der Waals surface area (Å²) in [6.45, 7) is 5.36. The summed E-state index contributed by atoms with van der Waals surface area (Å²) in [6.07, 6.45) is 0. The Hall–Kier alpha value is -2.11. The second-order valence-corrected chi connectivity index (χ2v) is 5.61. The molecule has 2 rings (SSSR count). The SMILES string of the molecule is CNc1cc(C(=O)N2CCN(C)C(=O)C2)cc(C(C)C)n1. The van der Waals surface area contributed by atoms with E-state index >= 15 is 0 Å². The Bertz CT molecular complexity index is 557. The summed E-state index contributed by atoms with van der Waals surface area (Å²) in [7, 11) is 3.53. The van der Waals surface area contributed by atoms with E-state index in [2.05, 4.69) is 10.3 Å². The van der Waals surface area contributed by atoms with Crippen molar-refractivity contribution in [2.75, 3.05) is 39.0 Å². The van der Waals surface area contributed by atoms with Crippen LogP contribution in [0.1, 0.15) is 35.8 Å². The van der Waals surface area contributed by atoms with Gasteiger partial charge in [-0.15, -0.1) is 0 Å². The van der Waals surface area contributed by atoms with E-state index in [1.807, 2.05) is 19.9 Å². The van der Waals surface area contributed by atoms with Crippen LogP contribution in [0.5, 0.6) is 0 Å². The molecule has 1 aliphatic heterocycles. The van der Waals surface area contributed by atoms with Crippen LogP contribution in [0.15, 0.2) is 12.1 Å². The van der Waals surface area contributed by atoms with E-state index in [-0.39, 0.29) is 24.3 Å². The maximum absolute atomic E-state index is 12.6. The first kappa shape index (κ1) is 15.3. The lowest BCUT2D eigenvalue weighted by molar-refractivity contribution is -0.133. The minimum absolute atomic E-state index is 0.0263. The third-order valence-electron chi connectivity index (χ3n) is 3.68. The number of nitrogens with one attached hydrogen (secondary N) is 1. The number of likely N-dealkylation sites (N-methyl/N-ethyl adjacent to an activating group) is 1. The van der Waals surface area contributed by atoms with Crippen molar-refractivity contribution in [2.24, 2.45) is 0 Å². The van der Waals surface area contributed by atoms with Gasteiger partial charge in [0.2, 0.25) is 5.91 Å². The quantitative estimate of drug-likeness (QED) is 0.907. The van der Waals surface area contributed by atoms with Crippen LogP contribution in [0.3, 0.4) is 0 Å². The van der Waals surface area contributed by atoms with Crippen LogP contribution in [0.2, 0.25) is 0 Å². The normalized spacial score (nSPS) is 15.6. The van der Waals surface area contributed by atoms with Gasteiger partial charge in [-0.1, -0.05) is 13.8 Å². The highest BCUT2D eigenvalue weighted by Crippen LogP contribution is 2.19. The second kappa shape index (κ2) is 6.11. The van der Waals surface area contributed by atoms with Crippen molar-refractivity contribution in [3.8, 4) is 0 Å². The van der Waals surface area contributed by atoms with Crippen LogP contribution < -0.4 is 5.32 Å². The van der Waals surface area contributed by atoms with Crippen molar-refractivity contribution in [1.29, 1.82) is 0 Å². The highest BCUT2D eigenvalue weighted by atomic mass is 16.2. The summed E-state index contributed by atoms with van der Waals surface area (Å²) >= 11 is 0. The fourth-order valence-corrected chi connectivity index (χ4v) is 2.21. The van der Waals surface area contributed by atoms with E-state index in [1.54, 1.807) is 30.0 Å². The molecule has 1 aliphatic rings. The van der Waals surface area contributed by atoms with Gasteiger partial charge in [-0.3, -0.25) is 9.59 Å². The third kappa shape index (κ3) is 3.32. The number of hydrogen-bond donors (Lipinski definition) is 1. The molecular formula is C15H22N4O2. The highest BCUT2D eigenvalue weighted by molar-refractivity contribution is 5.97. The molecule has 21 heavy (non-hydrogen) atoms. The Morgan fingerprint density at radius 2 is 2.05 bits per heavy atom. The van der Waals surface area contributed by atoms with E-state index in [0.717, 1.165) is 5.69 Å². The van der Waals surface area contributed by atoms with Crippen molar-refractivity contribution in [3.63, 3.8) is 0 Å². The molecule has 0 unspecified atom stereocenters. The molecule has 0 aromatic carbocycles. The van der Waals surface area contributed by atoms with Gasteiger partial charge in [-0.05, 0) is 18.1 Å². The number of carbonyl (C=O) groups is 2. The van der Waals surface area contributed by atoms with Crippen LogP contribution >= 0.6 is 0 Å². The van der Waals surface area contributed by atoms with Gasteiger partial charge in [-0.25, -0.2) is 4.98 Å². The molecule has 0 spiro atoms. The van der Waals surface area contributed by atoms with E-state index in [0.29, 0.717) is 24.5 Å². The first-order valence-corrected chi connectivity index (χ1v) is 7.15. The number of carbonyl (C=O) groups excluding carboxylic acids is 2. The molecule has 1 saturated heterocycles. The van der Waals surface area contributed by atoms with E-state index in [9.17, 15) is 9.59 Å². The summed E-state index contributed by atoms with van der Waals surface area (Å²) < 4.78 is 0. The second-order valence-electron chi connectivity index (χ2n) is 5.61. The monoisotopic (exact) mass is 290 g/mol. The van der Waals surface area contributed by atoms with Gasteiger partial charge in [0, 0.05) is 38.4 Å². The van der Waals surface area contributed by atoms with Crippen LogP contribution in [0.25, 0.3) is 0 Å². The zero-order chi connectivity index (χ0) is 15.6. The summed E-state index contributed by atoms with van der Waals surface area (Å²) in [6, 6.07) is 3.55. The molecule has 6 nitrogen and oxygen atoms in total. The average Bonchev–Trinajstić information content (AvgIpc) is 2.48. The minimum Gasteiger partial charge on any atom is -0.373 e. The lowest BCUT2D eigenvalue weighted by Gasteiger charge is -2.32. The van der Waals surface area contributed by atoms with Crippen LogP contribution in [0, 0.1) is 0 Å². The van der Waals surface area contributed by atoms with Crippen LogP contribution in [0.4, 0.5) is 5.82 Å². The smallest absolute Gasteiger partial charge is 0.254 e. The summed E-state index contributed by atoms with van der Waals surface area (Å²) in [5.74, 6) is 0.766. The molecule has 0 radical (unpaired) electrons. The lowest BCUT2D eigenvalue weighted by atomic mass is 10.1. The molecule has 114 valence electrons. The Morgan fingerprint density at radius 3 is 2.62 bits per heavy atom. The number of pyridine rings is 1. The van der Waals surface area contributed by atoms with Crippen molar-refractivity contribution in [3.05, 3.63) is 23.4 Å². The fraction of sp³-hybridized carbons (Fsp3) is 0.533. The standard InChI is InChI=1S/C15H22N4O2/c1-10(2)12-7-11(8-13(16-3)17-12)15(21)19-6-5-18(4)14(20)9-19/h7-8,10H,5-6,9H2,1-4H3,(H,16,17). The van der Waals surface area contributed by atoms with Gasteiger partial charge < -0.3 is 15.1 Å². The predicted octanol–water partition coefficient (Wildman–Crippen LogP) is 1.16. The topological polar surface area (TPSA) is 65.5 Å². The summed E-state index contributed by atoms with van der Waals surface area (Å²) in [5, 5.41) is 2.98. The van der Waals surface area contributed by atoms with Gasteiger partial charge in [0.1, 0.15) is 12.4 Å². The van der Waals surface area contributed by atoms with Gasteiger partial charge in [-0.2, -0.15) is 0 Å². The molecule has 2 amide bonds. The van der Waals surface area contributed by atoms with E-state index < -0.39 is 0 Å². The molecule has 1 N–H and O–H groups in total. The maximum Gasteiger partial charge on any atom is 0.254 e. The van der Waals surface area contributed by atoms with Crippen LogP contribution in [-0.4, -0.2) is 60.3 Å². The van der Waals surface area contributed by atoms with Gasteiger partial charge in [0.05, 0.1) is 0 Å². The van der Waals surface area contributed by atoms with Gasteiger partial charge >= 0.3 is 0 Å². The van der Waals surface area contributed by atoms with Crippen LogP contribution in [-0.2, 0) is 4.79 Å². The molecule has 1 aromatic heterocycles. The van der Waals surface area contributed by atoms with Gasteiger partial charge in [0.25, 0.3) is 5.91 Å². The highest BCUT2D eigenvalue weighted by Gasteiger charge is 2.26. The molecule has 0 bridgehead atoms. The van der Waals surface area contributed by atoms with Crippen molar-refractivity contribution >= 4 is 17.6 Å². The number of piperazine rings is 1. The Morgan fingerprint density at radius 1 is 1.33 bits per heavy atom. The molecule has 2 heterocycles. The first-order chi connectivity index (χ1) is 9.92. The molecule has 1 aromatic rings. The van der Waals surface area contributed by atoms with Crippen molar-refractivity contribution < 1.29 is 9.59 Å².